The molecule has 1 aromatic rings. The average Bonchev–Trinajstić information content (AvgIpc) is 2.39. The summed E-state index contributed by atoms with van der Waals surface area (Å²) in [6.07, 6.45) is 0. The minimum atomic E-state index is 0.641. The first kappa shape index (κ1) is 12.0. The van der Waals surface area contributed by atoms with Gasteiger partial charge in [0.15, 0.2) is 0 Å². The van der Waals surface area contributed by atoms with Crippen molar-refractivity contribution in [3.8, 4) is 0 Å². The van der Waals surface area contributed by atoms with E-state index in [1.807, 2.05) is 24.3 Å². The number of piperazine rings is 1. The molecule has 4 nitrogen and oxygen atoms in total. The molecule has 0 saturated carbocycles. The SMILES string of the molecule is C=C(c1ccc(N)cc1)N1CCN(CN)CC1. The van der Waals surface area contributed by atoms with Crippen LogP contribution in [0.25, 0.3) is 5.70 Å². The summed E-state index contributed by atoms with van der Waals surface area (Å²) in [5.41, 5.74) is 14.3. The lowest BCUT2D eigenvalue weighted by Crippen LogP contribution is -2.47. The summed E-state index contributed by atoms with van der Waals surface area (Å²) in [4.78, 5) is 4.55. The smallest absolute Gasteiger partial charge is 0.0456 e. The van der Waals surface area contributed by atoms with E-state index < -0.39 is 0 Å². The number of nitrogens with two attached hydrogens (primary N) is 2. The molecule has 17 heavy (non-hydrogen) atoms. The van der Waals surface area contributed by atoms with Gasteiger partial charge in [-0.25, -0.2) is 0 Å². The highest BCUT2D eigenvalue weighted by molar-refractivity contribution is 5.63. The summed E-state index contributed by atoms with van der Waals surface area (Å²) >= 11 is 0. The molecule has 4 heteroatoms. The monoisotopic (exact) mass is 232 g/mol. The number of rotatable bonds is 3. The van der Waals surface area contributed by atoms with Crippen LogP contribution in [0.4, 0.5) is 5.69 Å². The molecule has 92 valence electrons. The van der Waals surface area contributed by atoms with Crippen molar-refractivity contribution in [1.29, 1.82) is 0 Å². The lowest BCUT2D eigenvalue weighted by atomic mass is 10.1. The maximum Gasteiger partial charge on any atom is 0.0456 e. The summed E-state index contributed by atoms with van der Waals surface area (Å²) in [7, 11) is 0. The molecule has 0 spiro atoms. The van der Waals surface area contributed by atoms with E-state index in [-0.39, 0.29) is 0 Å². The predicted octanol–water partition coefficient (Wildman–Crippen LogP) is 0.773. The standard InChI is InChI=1S/C13H20N4/c1-11(12-2-4-13(15)5-3-12)17-8-6-16(10-14)7-9-17/h2-5H,1,6-10,14-15H2. The minimum absolute atomic E-state index is 0.641. The van der Waals surface area contributed by atoms with Gasteiger partial charge in [0.1, 0.15) is 0 Å². The van der Waals surface area contributed by atoms with Crippen LogP contribution >= 0.6 is 0 Å². The van der Waals surface area contributed by atoms with Crippen molar-refractivity contribution < 1.29 is 0 Å². The van der Waals surface area contributed by atoms with E-state index in [9.17, 15) is 0 Å². The molecule has 0 bridgehead atoms. The highest BCUT2D eigenvalue weighted by Gasteiger charge is 2.17. The third-order valence-corrected chi connectivity index (χ3v) is 3.26. The van der Waals surface area contributed by atoms with Crippen LogP contribution in [-0.4, -0.2) is 42.6 Å². The molecule has 0 aliphatic carbocycles. The van der Waals surface area contributed by atoms with Crippen molar-refractivity contribution in [2.75, 3.05) is 38.6 Å². The Kier molecular flexibility index (Phi) is 3.66. The molecule has 1 saturated heterocycles. The Morgan fingerprint density at radius 3 is 2.24 bits per heavy atom. The lowest BCUT2D eigenvalue weighted by Gasteiger charge is -2.36. The van der Waals surface area contributed by atoms with Crippen LogP contribution in [0.2, 0.25) is 0 Å². The van der Waals surface area contributed by atoms with Crippen LogP contribution in [0.1, 0.15) is 5.56 Å². The largest absolute Gasteiger partial charge is 0.399 e. The second-order valence-electron chi connectivity index (χ2n) is 4.36. The predicted molar refractivity (Wildman–Crippen MR) is 72.1 cm³/mol. The van der Waals surface area contributed by atoms with Crippen molar-refractivity contribution in [1.82, 2.24) is 9.80 Å². The fourth-order valence-electron chi connectivity index (χ4n) is 2.06. The molecular formula is C13H20N4. The third-order valence-electron chi connectivity index (χ3n) is 3.26. The molecule has 0 unspecified atom stereocenters. The fourth-order valence-corrected chi connectivity index (χ4v) is 2.06. The molecule has 0 radical (unpaired) electrons. The van der Waals surface area contributed by atoms with Crippen molar-refractivity contribution in [3.63, 3.8) is 0 Å². The van der Waals surface area contributed by atoms with Crippen LogP contribution in [0, 0.1) is 0 Å². The Hall–Kier alpha value is -1.52. The molecule has 1 aliphatic heterocycles. The van der Waals surface area contributed by atoms with Gasteiger partial charge in [0.2, 0.25) is 0 Å². The van der Waals surface area contributed by atoms with Crippen molar-refractivity contribution in [3.05, 3.63) is 36.4 Å². The third kappa shape index (κ3) is 2.78. The number of nitrogen functional groups attached to an aromatic ring is 1. The molecule has 0 amide bonds. The number of hydrogen-bond donors (Lipinski definition) is 2. The van der Waals surface area contributed by atoms with Gasteiger partial charge in [-0.05, 0) is 17.7 Å². The zero-order valence-corrected chi connectivity index (χ0v) is 10.1. The molecule has 1 aliphatic rings. The zero-order valence-electron chi connectivity index (χ0n) is 10.1. The minimum Gasteiger partial charge on any atom is -0.399 e. The quantitative estimate of drug-likeness (QED) is 0.756. The van der Waals surface area contributed by atoms with Crippen LogP contribution in [0.5, 0.6) is 0 Å². The van der Waals surface area contributed by atoms with Crippen LogP contribution < -0.4 is 11.5 Å². The first-order chi connectivity index (χ1) is 8.20. The Labute approximate surface area is 102 Å². The maximum absolute atomic E-state index is 5.68. The Morgan fingerprint density at radius 2 is 1.71 bits per heavy atom. The lowest BCUT2D eigenvalue weighted by molar-refractivity contribution is 0.179. The van der Waals surface area contributed by atoms with Gasteiger partial charge in [-0.3, -0.25) is 4.90 Å². The topological polar surface area (TPSA) is 58.5 Å². The first-order valence-corrected chi connectivity index (χ1v) is 5.93. The summed E-state index contributed by atoms with van der Waals surface area (Å²) in [5, 5.41) is 0. The van der Waals surface area contributed by atoms with Crippen molar-refractivity contribution in [2.45, 2.75) is 0 Å². The highest BCUT2D eigenvalue weighted by atomic mass is 15.3. The van der Waals surface area contributed by atoms with E-state index in [1.165, 1.54) is 0 Å². The van der Waals surface area contributed by atoms with Gasteiger partial charge in [0.25, 0.3) is 0 Å². The summed E-state index contributed by atoms with van der Waals surface area (Å²) in [6.45, 7) is 8.79. The van der Waals surface area contributed by atoms with Crippen LogP contribution in [0.3, 0.4) is 0 Å². The Morgan fingerprint density at radius 1 is 1.12 bits per heavy atom. The Balaban J connectivity index is 1.99. The zero-order chi connectivity index (χ0) is 12.3. The molecule has 1 heterocycles. The Bertz CT molecular complexity index is 377. The number of hydrogen-bond acceptors (Lipinski definition) is 4. The van der Waals surface area contributed by atoms with Crippen LogP contribution in [0.15, 0.2) is 30.8 Å². The van der Waals surface area contributed by atoms with E-state index in [0.717, 1.165) is 43.1 Å². The van der Waals surface area contributed by atoms with Crippen molar-refractivity contribution in [2.24, 2.45) is 5.73 Å². The van der Waals surface area contributed by atoms with Gasteiger partial charge in [-0.15, -0.1) is 0 Å². The number of anilines is 1. The fraction of sp³-hybridized carbons (Fsp3) is 0.385. The molecule has 0 atom stereocenters. The number of benzene rings is 1. The molecule has 2 rings (SSSR count). The maximum atomic E-state index is 5.68. The summed E-state index contributed by atoms with van der Waals surface area (Å²) in [5.74, 6) is 0. The average molecular weight is 232 g/mol. The molecule has 4 N–H and O–H groups in total. The molecular weight excluding hydrogens is 212 g/mol. The molecule has 1 fully saturated rings. The van der Waals surface area contributed by atoms with Gasteiger partial charge in [0, 0.05) is 44.2 Å². The first-order valence-electron chi connectivity index (χ1n) is 5.93. The summed E-state index contributed by atoms with van der Waals surface area (Å²) in [6, 6.07) is 7.87. The van der Waals surface area contributed by atoms with Crippen LogP contribution in [-0.2, 0) is 0 Å². The normalized spacial score (nSPS) is 17.1. The van der Waals surface area contributed by atoms with Gasteiger partial charge in [-0.1, -0.05) is 18.7 Å². The van der Waals surface area contributed by atoms with Gasteiger partial charge >= 0.3 is 0 Å². The van der Waals surface area contributed by atoms with E-state index in [4.69, 9.17) is 11.5 Å². The number of nitrogens with zero attached hydrogens (tertiary/aromatic N) is 2. The summed E-state index contributed by atoms with van der Waals surface area (Å²) < 4.78 is 0. The van der Waals surface area contributed by atoms with E-state index >= 15 is 0 Å². The molecule has 1 aromatic carbocycles. The van der Waals surface area contributed by atoms with Gasteiger partial charge < -0.3 is 16.4 Å². The van der Waals surface area contributed by atoms with Gasteiger partial charge in [0.05, 0.1) is 0 Å². The molecule has 0 aromatic heterocycles. The van der Waals surface area contributed by atoms with E-state index in [2.05, 4.69) is 16.4 Å². The van der Waals surface area contributed by atoms with E-state index in [0.29, 0.717) is 6.67 Å². The second kappa shape index (κ2) is 5.21. The van der Waals surface area contributed by atoms with Crippen molar-refractivity contribution >= 4 is 11.4 Å². The second-order valence-corrected chi connectivity index (χ2v) is 4.36. The van der Waals surface area contributed by atoms with E-state index in [1.54, 1.807) is 0 Å². The van der Waals surface area contributed by atoms with Gasteiger partial charge in [-0.2, -0.15) is 0 Å². The highest BCUT2D eigenvalue weighted by Crippen LogP contribution is 2.19.